The molecule has 0 atom stereocenters. The molecule has 8 heteroatoms. The summed E-state index contributed by atoms with van der Waals surface area (Å²) in [5.41, 5.74) is 0.683. The fourth-order valence-corrected chi connectivity index (χ4v) is 4.53. The van der Waals surface area contributed by atoms with Crippen molar-refractivity contribution in [1.29, 1.82) is 0 Å². The van der Waals surface area contributed by atoms with Gasteiger partial charge in [-0.3, -0.25) is 14.0 Å². The van der Waals surface area contributed by atoms with Crippen LogP contribution in [-0.2, 0) is 10.5 Å². The molecule has 0 aromatic carbocycles. The van der Waals surface area contributed by atoms with Crippen LogP contribution in [0.1, 0.15) is 18.5 Å². The second kappa shape index (κ2) is 8.13. The Morgan fingerprint density at radius 2 is 2.25 bits per heavy atom. The first-order chi connectivity index (χ1) is 11.7. The summed E-state index contributed by atoms with van der Waals surface area (Å²) < 4.78 is 1.54. The lowest BCUT2D eigenvalue weighted by Gasteiger charge is -2.31. The second-order valence-electron chi connectivity index (χ2n) is 6.02. The number of nitrogens with zero attached hydrogens (tertiary/aromatic N) is 3. The zero-order valence-corrected chi connectivity index (χ0v) is 15.4. The molecule has 0 spiro atoms. The van der Waals surface area contributed by atoms with Gasteiger partial charge in [0.15, 0.2) is 4.96 Å². The number of thioether (sulfide) groups is 1. The number of carbonyl (C=O) groups is 1. The average Bonchev–Trinajstić information content (AvgIpc) is 3.05. The summed E-state index contributed by atoms with van der Waals surface area (Å²) in [5, 5.41) is 5.06. The minimum Gasteiger partial charge on any atom is -0.342 e. The number of thiazole rings is 1. The van der Waals surface area contributed by atoms with Crippen LogP contribution in [-0.4, -0.2) is 52.6 Å². The van der Waals surface area contributed by atoms with Crippen molar-refractivity contribution in [3.05, 3.63) is 33.7 Å². The number of amides is 1. The fraction of sp³-hybridized carbons (Fsp3) is 0.562. The smallest absolute Gasteiger partial charge is 0.258 e. The molecule has 0 saturated carbocycles. The van der Waals surface area contributed by atoms with Gasteiger partial charge in [-0.2, -0.15) is 0 Å². The van der Waals surface area contributed by atoms with Gasteiger partial charge < -0.3 is 10.2 Å². The molecular formula is C16H22N4O2S2. The van der Waals surface area contributed by atoms with Crippen LogP contribution in [0.4, 0.5) is 0 Å². The third kappa shape index (κ3) is 4.17. The number of nitrogens with one attached hydrogen (secondary N) is 1. The molecule has 1 aliphatic heterocycles. The third-order valence-electron chi connectivity index (χ3n) is 4.29. The quantitative estimate of drug-likeness (QED) is 0.838. The van der Waals surface area contributed by atoms with Gasteiger partial charge in [0, 0.05) is 36.5 Å². The molecule has 130 valence electrons. The minimum atomic E-state index is -0.0604. The van der Waals surface area contributed by atoms with Gasteiger partial charge in [0.25, 0.3) is 5.56 Å². The molecule has 0 unspecified atom stereocenters. The van der Waals surface area contributed by atoms with E-state index in [0.717, 1.165) is 38.2 Å². The Bertz CT molecular complexity index is 750. The number of hydrogen-bond acceptors (Lipinski definition) is 6. The van der Waals surface area contributed by atoms with E-state index in [0.29, 0.717) is 22.4 Å². The Kier molecular flexibility index (Phi) is 5.91. The first kappa shape index (κ1) is 17.4. The van der Waals surface area contributed by atoms with Crippen molar-refractivity contribution in [2.45, 2.75) is 18.6 Å². The van der Waals surface area contributed by atoms with Crippen LogP contribution in [0.25, 0.3) is 4.96 Å². The van der Waals surface area contributed by atoms with Crippen LogP contribution in [0.3, 0.4) is 0 Å². The Balaban J connectivity index is 1.47. The third-order valence-corrected chi connectivity index (χ3v) is 6.00. The Hall–Kier alpha value is -1.38. The van der Waals surface area contributed by atoms with E-state index in [4.69, 9.17) is 0 Å². The van der Waals surface area contributed by atoms with Crippen molar-refractivity contribution in [3.63, 3.8) is 0 Å². The molecule has 0 radical (unpaired) electrons. The second-order valence-corrected chi connectivity index (χ2v) is 7.87. The maximum absolute atomic E-state index is 12.3. The summed E-state index contributed by atoms with van der Waals surface area (Å²) in [6.07, 6.45) is 3.88. The largest absolute Gasteiger partial charge is 0.342 e. The van der Waals surface area contributed by atoms with Gasteiger partial charge in [-0.05, 0) is 32.4 Å². The summed E-state index contributed by atoms with van der Waals surface area (Å²) in [7, 11) is 1.97. The Morgan fingerprint density at radius 1 is 1.46 bits per heavy atom. The van der Waals surface area contributed by atoms with Gasteiger partial charge >= 0.3 is 0 Å². The fourth-order valence-electron chi connectivity index (χ4n) is 2.97. The van der Waals surface area contributed by atoms with Crippen molar-refractivity contribution in [2.75, 3.05) is 32.4 Å². The summed E-state index contributed by atoms with van der Waals surface area (Å²) in [6.45, 7) is 2.74. The summed E-state index contributed by atoms with van der Waals surface area (Å²) in [5.74, 6) is 1.91. The molecule has 1 saturated heterocycles. The molecule has 1 aliphatic rings. The number of likely N-dealkylation sites (tertiary alicyclic amines) is 1. The number of rotatable bonds is 6. The Labute approximate surface area is 149 Å². The van der Waals surface area contributed by atoms with E-state index in [2.05, 4.69) is 10.3 Å². The highest BCUT2D eigenvalue weighted by Crippen LogP contribution is 2.18. The molecule has 2 aromatic rings. The molecule has 1 N–H and O–H groups in total. The minimum absolute atomic E-state index is 0.0604. The lowest BCUT2D eigenvalue weighted by Crippen LogP contribution is -2.41. The van der Waals surface area contributed by atoms with Gasteiger partial charge in [-0.15, -0.1) is 23.1 Å². The van der Waals surface area contributed by atoms with Gasteiger partial charge in [0.05, 0.1) is 11.4 Å². The van der Waals surface area contributed by atoms with Crippen LogP contribution >= 0.6 is 23.1 Å². The van der Waals surface area contributed by atoms with E-state index < -0.39 is 0 Å². The van der Waals surface area contributed by atoms with E-state index in [1.165, 1.54) is 23.1 Å². The van der Waals surface area contributed by atoms with E-state index in [1.54, 1.807) is 16.7 Å². The van der Waals surface area contributed by atoms with E-state index in [9.17, 15) is 9.59 Å². The predicted molar refractivity (Wildman–Crippen MR) is 98.7 cm³/mol. The van der Waals surface area contributed by atoms with Crippen LogP contribution in [0.5, 0.6) is 0 Å². The molecule has 1 fully saturated rings. The van der Waals surface area contributed by atoms with E-state index in [-0.39, 0.29) is 11.5 Å². The standard InChI is InChI=1S/C16H22N4O2S2/c1-17-9-12-2-4-19(5-3-12)15(22)11-23-10-13-8-14(21)20-6-7-24-16(20)18-13/h6-8,12,17H,2-5,9-11H2,1H3. The molecule has 0 aliphatic carbocycles. The van der Waals surface area contributed by atoms with Gasteiger partial charge in [0.1, 0.15) is 0 Å². The van der Waals surface area contributed by atoms with E-state index in [1.807, 2.05) is 17.3 Å². The van der Waals surface area contributed by atoms with Gasteiger partial charge in [0.2, 0.25) is 5.91 Å². The number of hydrogen-bond donors (Lipinski definition) is 1. The van der Waals surface area contributed by atoms with Crippen molar-refractivity contribution in [1.82, 2.24) is 19.6 Å². The average molecular weight is 367 g/mol. The van der Waals surface area contributed by atoms with Crippen molar-refractivity contribution in [2.24, 2.45) is 5.92 Å². The SMILES string of the molecule is CNCC1CCN(C(=O)CSCc2cc(=O)n3ccsc3n2)CC1. The van der Waals surface area contributed by atoms with Crippen molar-refractivity contribution in [3.8, 4) is 0 Å². The highest BCUT2D eigenvalue weighted by Gasteiger charge is 2.22. The highest BCUT2D eigenvalue weighted by molar-refractivity contribution is 7.99. The number of fused-ring (bicyclic) bond motifs is 1. The monoisotopic (exact) mass is 366 g/mol. The lowest BCUT2D eigenvalue weighted by molar-refractivity contribution is -0.129. The molecule has 24 heavy (non-hydrogen) atoms. The first-order valence-electron chi connectivity index (χ1n) is 8.13. The number of carbonyl (C=O) groups excluding carboxylic acids is 1. The summed E-state index contributed by atoms with van der Waals surface area (Å²) >= 11 is 2.97. The Morgan fingerprint density at radius 3 is 3.00 bits per heavy atom. The van der Waals surface area contributed by atoms with Crippen LogP contribution in [0.15, 0.2) is 22.4 Å². The lowest BCUT2D eigenvalue weighted by atomic mass is 9.97. The van der Waals surface area contributed by atoms with Crippen molar-refractivity contribution >= 4 is 34.0 Å². The predicted octanol–water partition coefficient (Wildman–Crippen LogP) is 1.45. The molecular weight excluding hydrogens is 344 g/mol. The van der Waals surface area contributed by atoms with Crippen LogP contribution in [0.2, 0.25) is 0 Å². The highest BCUT2D eigenvalue weighted by atomic mass is 32.2. The number of aromatic nitrogens is 2. The van der Waals surface area contributed by atoms with Crippen LogP contribution < -0.4 is 10.9 Å². The van der Waals surface area contributed by atoms with Crippen molar-refractivity contribution < 1.29 is 4.79 Å². The van der Waals surface area contributed by atoms with E-state index >= 15 is 0 Å². The molecule has 6 nitrogen and oxygen atoms in total. The van der Waals surface area contributed by atoms with Crippen LogP contribution in [0, 0.1) is 5.92 Å². The molecule has 0 bridgehead atoms. The first-order valence-corrected chi connectivity index (χ1v) is 10.2. The molecule has 3 heterocycles. The zero-order chi connectivity index (χ0) is 16.9. The topological polar surface area (TPSA) is 66.7 Å². The maximum atomic E-state index is 12.3. The normalized spacial score (nSPS) is 16.0. The number of piperidine rings is 1. The van der Waals surface area contributed by atoms with Gasteiger partial charge in [-0.25, -0.2) is 4.98 Å². The summed E-state index contributed by atoms with van der Waals surface area (Å²) in [6, 6.07) is 1.56. The van der Waals surface area contributed by atoms with Gasteiger partial charge in [-0.1, -0.05) is 0 Å². The molecule has 1 amide bonds. The maximum Gasteiger partial charge on any atom is 0.258 e. The summed E-state index contributed by atoms with van der Waals surface area (Å²) in [4.78, 5) is 31.4. The molecule has 3 rings (SSSR count). The molecule has 2 aromatic heterocycles. The zero-order valence-electron chi connectivity index (χ0n) is 13.7.